The SMILES string of the molecule is Cc1cc(C(N)c2cccc(F)c2)cc(C)n1. The van der Waals surface area contributed by atoms with Gasteiger partial charge in [0, 0.05) is 11.4 Å². The second kappa shape index (κ2) is 4.63. The zero-order valence-corrected chi connectivity index (χ0v) is 9.94. The van der Waals surface area contributed by atoms with E-state index < -0.39 is 0 Å². The molecule has 2 nitrogen and oxygen atoms in total. The first-order chi connectivity index (χ1) is 8.06. The summed E-state index contributed by atoms with van der Waals surface area (Å²) in [6, 6.07) is 9.94. The smallest absolute Gasteiger partial charge is 0.123 e. The van der Waals surface area contributed by atoms with E-state index in [4.69, 9.17) is 5.73 Å². The van der Waals surface area contributed by atoms with Crippen LogP contribution in [0.25, 0.3) is 0 Å². The van der Waals surface area contributed by atoms with E-state index in [1.54, 1.807) is 6.07 Å². The topological polar surface area (TPSA) is 38.9 Å². The summed E-state index contributed by atoms with van der Waals surface area (Å²) >= 11 is 0. The van der Waals surface area contributed by atoms with Crippen LogP contribution in [0.1, 0.15) is 28.6 Å². The van der Waals surface area contributed by atoms with Crippen LogP contribution in [-0.2, 0) is 0 Å². The van der Waals surface area contributed by atoms with Crippen molar-refractivity contribution in [3.05, 3.63) is 64.7 Å². The van der Waals surface area contributed by atoms with Crippen molar-refractivity contribution in [1.29, 1.82) is 0 Å². The maximum absolute atomic E-state index is 13.1. The van der Waals surface area contributed by atoms with Gasteiger partial charge in [-0.1, -0.05) is 12.1 Å². The molecule has 2 N–H and O–H groups in total. The van der Waals surface area contributed by atoms with Gasteiger partial charge in [-0.25, -0.2) is 4.39 Å². The van der Waals surface area contributed by atoms with Gasteiger partial charge in [0.05, 0.1) is 6.04 Å². The molecule has 2 aromatic rings. The molecule has 0 radical (unpaired) electrons. The van der Waals surface area contributed by atoms with Crippen LogP contribution in [-0.4, -0.2) is 4.98 Å². The zero-order chi connectivity index (χ0) is 12.4. The molecule has 1 aromatic heterocycles. The second-order valence-corrected chi connectivity index (χ2v) is 4.22. The van der Waals surface area contributed by atoms with Crippen LogP contribution in [0.15, 0.2) is 36.4 Å². The van der Waals surface area contributed by atoms with Crippen molar-refractivity contribution in [3.63, 3.8) is 0 Å². The summed E-state index contributed by atoms with van der Waals surface area (Å²) in [5, 5.41) is 0. The largest absolute Gasteiger partial charge is 0.320 e. The highest BCUT2D eigenvalue weighted by molar-refractivity contribution is 5.33. The average Bonchev–Trinajstić information content (AvgIpc) is 2.26. The van der Waals surface area contributed by atoms with Crippen molar-refractivity contribution >= 4 is 0 Å². The zero-order valence-electron chi connectivity index (χ0n) is 9.94. The van der Waals surface area contributed by atoms with E-state index in [9.17, 15) is 4.39 Å². The molecule has 0 saturated heterocycles. The highest BCUT2D eigenvalue weighted by Crippen LogP contribution is 2.21. The maximum Gasteiger partial charge on any atom is 0.123 e. The molecule has 1 atom stereocenters. The number of rotatable bonds is 2. The van der Waals surface area contributed by atoms with Gasteiger partial charge in [0.15, 0.2) is 0 Å². The molecule has 0 aliphatic heterocycles. The second-order valence-electron chi connectivity index (χ2n) is 4.22. The number of benzene rings is 1. The Morgan fingerprint density at radius 3 is 2.29 bits per heavy atom. The molecule has 0 fully saturated rings. The standard InChI is InChI=1S/C14H15FN2/c1-9-6-12(7-10(2)17-9)14(16)11-4-3-5-13(15)8-11/h3-8,14H,16H2,1-2H3. The molecule has 0 aliphatic carbocycles. The molecule has 0 spiro atoms. The van der Waals surface area contributed by atoms with E-state index in [0.717, 1.165) is 22.5 Å². The van der Waals surface area contributed by atoms with E-state index in [-0.39, 0.29) is 11.9 Å². The number of hydrogen-bond acceptors (Lipinski definition) is 2. The first-order valence-electron chi connectivity index (χ1n) is 5.52. The van der Waals surface area contributed by atoms with Crippen molar-refractivity contribution in [2.75, 3.05) is 0 Å². The third-order valence-corrected chi connectivity index (χ3v) is 2.67. The normalized spacial score (nSPS) is 12.5. The number of nitrogens with two attached hydrogens (primary N) is 1. The summed E-state index contributed by atoms with van der Waals surface area (Å²) < 4.78 is 13.1. The third-order valence-electron chi connectivity index (χ3n) is 2.67. The first-order valence-corrected chi connectivity index (χ1v) is 5.52. The predicted molar refractivity (Wildman–Crippen MR) is 66.1 cm³/mol. The predicted octanol–water partition coefficient (Wildman–Crippen LogP) is 2.89. The van der Waals surface area contributed by atoms with Crippen molar-refractivity contribution in [1.82, 2.24) is 4.98 Å². The van der Waals surface area contributed by atoms with Gasteiger partial charge in [0.2, 0.25) is 0 Å². The molecule has 1 aromatic carbocycles. The van der Waals surface area contributed by atoms with Crippen LogP contribution in [0.3, 0.4) is 0 Å². The third kappa shape index (κ3) is 2.68. The van der Waals surface area contributed by atoms with Gasteiger partial charge in [-0.05, 0) is 49.2 Å². The summed E-state index contributed by atoms with van der Waals surface area (Å²) in [6.07, 6.45) is 0. The van der Waals surface area contributed by atoms with Crippen molar-refractivity contribution in [2.24, 2.45) is 5.73 Å². The van der Waals surface area contributed by atoms with Crippen LogP contribution in [0, 0.1) is 19.7 Å². The Hall–Kier alpha value is -1.74. The van der Waals surface area contributed by atoms with Crippen LogP contribution in [0.2, 0.25) is 0 Å². The minimum Gasteiger partial charge on any atom is -0.320 e. The Kier molecular flexibility index (Phi) is 3.20. The fourth-order valence-electron chi connectivity index (χ4n) is 1.94. The minimum absolute atomic E-state index is 0.263. The van der Waals surface area contributed by atoms with E-state index in [1.807, 2.05) is 32.0 Å². The first kappa shape index (κ1) is 11.7. The molecule has 0 amide bonds. The molecular weight excluding hydrogens is 215 g/mol. The molecule has 0 bridgehead atoms. The average molecular weight is 230 g/mol. The molecule has 88 valence electrons. The van der Waals surface area contributed by atoms with Gasteiger partial charge < -0.3 is 5.73 Å². The highest BCUT2D eigenvalue weighted by atomic mass is 19.1. The summed E-state index contributed by atoms with van der Waals surface area (Å²) in [5.74, 6) is -0.263. The number of aryl methyl sites for hydroxylation is 2. The number of aromatic nitrogens is 1. The Morgan fingerprint density at radius 1 is 1.06 bits per heavy atom. The van der Waals surface area contributed by atoms with E-state index in [0.29, 0.717) is 0 Å². The fraction of sp³-hybridized carbons (Fsp3) is 0.214. The molecule has 3 heteroatoms. The summed E-state index contributed by atoms with van der Waals surface area (Å²) in [6.45, 7) is 3.85. The summed E-state index contributed by atoms with van der Waals surface area (Å²) in [5.41, 5.74) is 9.71. The number of hydrogen-bond donors (Lipinski definition) is 1. The molecule has 0 aliphatic rings. The van der Waals surface area contributed by atoms with Gasteiger partial charge in [-0.15, -0.1) is 0 Å². The highest BCUT2D eigenvalue weighted by Gasteiger charge is 2.10. The van der Waals surface area contributed by atoms with Gasteiger partial charge >= 0.3 is 0 Å². The van der Waals surface area contributed by atoms with Crippen molar-refractivity contribution in [2.45, 2.75) is 19.9 Å². The monoisotopic (exact) mass is 230 g/mol. The van der Waals surface area contributed by atoms with Gasteiger partial charge in [-0.2, -0.15) is 0 Å². The molecule has 0 saturated carbocycles. The van der Waals surface area contributed by atoms with E-state index in [1.165, 1.54) is 12.1 Å². The molecule has 1 heterocycles. The van der Waals surface area contributed by atoms with Crippen LogP contribution < -0.4 is 5.73 Å². The fourth-order valence-corrected chi connectivity index (χ4v) is 1.94. The van der Waals surface area contributed by atoms with Gasteiger partial charge in [-0.3, -0.25) is 4.98 Å². The Bertz CT molecular complexity index is 517. The van der Waals surface area contributed by atoms with Crippen LogP contribution in [0.4, 0.5) is 4.39 Å². The van der Waals surface area contributed by atoms with Crippen LogP contribution in [0.5, 0.6) is 0 Å². The van der Waals surface area contributed by atoms with Gasteiger partial charge in [0.25, 0.3) is 0 Å². The lowest BCUT2D eigenvalue weighted by molar-refractivity contribution is 0.623. The number of pyridine rings is 1. The summed E-state index contributed by atoms with van der Waals surface area (Å²) in [4.78, 5) is 4.30. The molecular formula is C14H15FN2. The molecule has 17 heavy (non-hydrogen) atoms. The Labute approximate surface area is 100 Å². The minimum atomic E-state index is -0.314. The Morgan fingerprint density at radius 2 is 1.71 bits per heavy atom. The van der Waals surface area contributed by atoms with Crippen molar-refractivity contribution < 1.29 is 4.39 Å². The van der Waals surface area contributed by atoms with E-state index in [2.05, 4.69) is 4.98 Å². The number of halogens is 1. The summed E-state index contributed by atoms with van der Waals surface area (Å²) in [7, 11) is 0. The van der Waals surface area contributed by atoms with Gasteiger partial charge in [0.1, 0.15) is 5.82 Å². The number of nitrogens with zero attached hydrogens (tertiary/aromatic N) is 1. The lowest BCUT2D eigenvalue weighted by Gasteiger charge is -2.13. The molecule has 1 unspecified atom stereocenters. The van der Waals surface area contributed by atoms with Crippen LogP contribution >= 0.6 is 0 Å². The quantitative estimate of drug-likeness (QED) is 0.861. The van der Waals surface area contributed by atoms with Crippen molar-refractivity contribution in [3.8, 4) is 0 Å². The lowest BCUT2D eigenvalue weighted by Crippen LogP contribution is -2.13. The van der Waals surface area contributed by atoms with E-state index >= 15 is 0 Å². The Balaban J connectivity index is 2.39. The molecule has 2 rings (SSSR count). The maximum atomic E-state index is 13.1. The lowest BCUT2D eigenvalue weighted by atomic mass is 9.99.